The smallest absolute Gasteiger partial charge is 0.0718 e. The summed E-state index contributed by atoms with van der Waals surface area (Å²) in [5.74, 6) is 0. The molecule has 0 saturated carbocycles. The van der Waals surface area contributed by atoms with Crippen LogP contribution >= 0.6 is 11.3 Å². The van der Waals surface area contributed by atoms with Crippen LogP contribution < -0.4 is 0 Å². The molecule has 0 N–H and O–H groups in total. The molecule has 70 valence electrons. The van der Waals surface area contributed by atoms with Crippen molar-refractivity contribution in [2.24, 2.45) is 0 Å². The van der Waals surface area contributed by atoms with Crippen LogP contribution in [0.25, 0.3) is 0 Å². The molecule has 0 aromatic carbocycles. The number of fused-ring (bicyclic) bond motifs is 2. The monoisotopic (exact) mass is 195 g/mol. The first-order chi connectivity index (χ1) is 6.42. The fourth-order valence-electron chi connectivity index (χ4n) is 2.28. The fourth-order valence-corrected chi connectivity index (χ4v) is 3.00. The standard InChI is InChI=1S/C10H13NOS/c1-2-10(13-3-1)6-11-5-9-4-8(11)7-12-9/h1-3,8-9H,4-7H2. The van der Waals surface area contributed by atoms with E-state index in [0.29, 0.717) is 12.1 Å². The van der Waals surface area contributed by atoms with E-state index in [2.05, 4.69) is 22.4 Å². The molecule has 0 spiro atoms. The van der Waals surface area contributed by atoms with Crippen molar-refractivity contribution in [2.45, 2.75) is 25.1 Å². The summed E-state index contributed by atoms with van der Waals surface area (Å²) < 4.78 is 5.56. The molecule has 0 aliphatic carbocycles. The number of rotatable bonds is 2. The number of nitrogens with zero attached hydrogens (tertiary/aromatic N) is 1. The Hall–Kier alpha value is -0.380. The molecule has 2 unspecified atom stereocenters. The SMILES string of the molecule is c1csc(CN2CC3CC2CO3)c1. The number of hydrogen-bond donors (Lipinski definition) is 0. The van der Waals surface area contributed by atoms with Gasteiger partial charge in [-0.1, -0.05) is 6.07 Å². The van der Waals surface area contributed by atoms with E-state index in [-0.39, 0.29) is 0 Å². The number of morpholine rings is 1. The molecule has 1 aromatic heterocycles. The van der Waals surface area contributed by atoms with Crippen LogP contribution in [0.4, 0.5) is 0 Å². The average Bonchev–Trinajstić information content (AvgIpc) is 2.77. The predicted molar refractivity (Wildman–Crippen MR) is 52.9 cm³/mol. The van der Waals surface area contributed by atoms with E-state index in [1.54, 1.807) is 0 Å². The molecule has 1 aromatic rings. The van der Waals surface area contributed by atoms with Gasteiger partial charge in [0, 0.05) is 24.0 Å². The van der Waals surface area contributed by atoms with Crippen molar-refractivity contribution in [2.75, 3.05) is 13.2 Å². The van der Waals surface area contributed by atoms with Crippen LogP contribution in [-0.2, 0) is 11.3 Å². The second-order valence-corrected chi connectivity index (χ2v) is 4.89. The maximum atomic E-state index is 5.56. The lowest BCUT2D eigenvalue weighted by molar-refractivity contribution is 0.0277. The van der Waals surface area contributed by atoms with E-state index in [1.165, 1.54) is 11.3 Å². The molecule has 2 aliphatic rings. The minimum absolute atomic E-state index is 0.532. The Morgan fingerprint density at radius 1 is 1.62 bits per heavy atom. The second-order valence-electron chi connectivity index (χ2n) is 3.85. The zero-order valence-electron chi connectivity index (χ0n) is 7.48. The molecular weight excluding hydrogens is 182 g/mol. The molecule has 2 aliphatic heterocycles. The highest BCUT2D eigenvalue weighted by molar-refractivity contribution is 7.09. The molecule has 0 amide bonds. The topological polar surface area (TPSA) is 12.5 Å². The highest BCUT2D eigenvalue weighted by Crippen LogP contribution is 2.29. The second kappa shape index (κ2) is 3.08. The summed E-state index contributed by atoms with van der Waals surface area (Å²) in [5.41, 5.74) is 0. The lowest BCUT2D eigenvalue weighted by Crippen LogP contribution is -2.36. The van der Waals surface area contributed by atoms with Crippen LogP contribution in [-0.4, -0.2) is 30.2 Å². The summed E-state index contributed by atoms with van der Waals surface area (Å²) in [6, 6.07) is 5.05. The first kappa shape index (κ1) is 7.97. The van der Waals surface area contributed by atoms with E-state index in [1.807, 2.05) is 11.3 Å². The summed E-state index contributed by atoms with van der Waals surface area (Å²) in [4.78, 5) is 4.03. The number of hydrogen-bond acceptors (Lipinski definition) is 3. The number of ether oxygens (including phenoxy) is 1. The third-order valence-corrected chi connectivity index (χ3v) is 3.81. The molecule has 2 atom stereocenters. The van der Waals surface area contributed by atoms with Gasteiger partial charge in [0.25, 0.3) is 0 Å². The van der Waals surface area contributed by atoms with E-state index < -0.39 is 0 Å². The molecular formula is C10H13NOS. The first-order valence-corrected chi connectivity index (χ1v) is 5.68. The van der Waals surface area contributed by atoms with Crippen LogP contribution in [0.1, 0.15) is 11.3 Å². The van der Waals surface area contributed by atoms with E-state index >= 15 is 0 Å². The van der Waals surface area contributed by atoms with E-state index in [0.717, 1.165) is 19.7 Å². The van der Waals surface area contributed by atoms with Gasteiger partial charge in [0.2, 0.25) is 0 Å². The fraction of sp³-hybridized carbons (Fsp3) is 0.600. The summed E-state index contributed by atoms with van der Waals surface area (Å²) >= 11 is 1.85. The Morgan fingerprint density at radius 2 is 2.62 bits per heavy atom. The molecule has 2 saturated heterocycles. The first-order valence-electron chi connectivity index (χ1n) is 4.80. The maximum absolute atomic E-state index is 5.56. The Balaban J connectivity index is 1.68. The molecule has 3 heterocycles. The van der Waals surface area contributed by atoms with Gasteiger partial charge in [-0.05, 0) is 17.9 Å². The van der Waals surface area contributed by atoms with Crippen molar-refractivity contribution in [1.82, 2.24) is 4.90 Å². The maximum Gasteiger partial charge on any atom is 0.0718 e. The van der Waals surface area contributed by atoms with Crippen LogP contribution in [0.3, 0.4) is 0 Å². The summed E-state index contributed by atoms with van der Waals surface area (Å²) in [5, 5.41) is 2.15. The molecule has 0 radical (unpaired) electrons. The van der Waals surface area contributed by atoms with E-state index in [4.69, 9.17) is 4.74 Å². The Kier molecular flexibility index (Phi) is 1.89. The minimum atomic E-state index is 0.532. The van der Waals surface area contributed by atoms with Crippen molar-refractivity contribution in [3.8, 4) is 0 Å². The van der Waals surface area contributed by atoms with Crippen molar-refractivity contribution in [3.05, 3.63) is 22.4 Å². The summed E-state index contributed by atoms with van der Waals surface area (Å²) in [6.07, 6.45) is 1.79. The average molecular weight is 195 g/mol. The van der Waals surface area contributed by atoms with Gasteiger partial charge in [0.1, 0.15) is 0 Å². The van der Waals surface area contributed by atoms with Gasteiger partial charge >= 0.3 is 0 Å². The highest BCUT2D eigenvalue weighted by Gasteiger charge is 2.38. The summed E-state index contributed by atoms with van der Waals surface area (Å²) in [6.45, 7) is 3.22. The molecule has 3 rings (SSSR count). The van der Waals surface area contributed by atoms with Gasteiger partial charge in [-0.15, -0.1) is 11.3 Å². The normalized spacial score (nSPS) is 32.9. The molecule has 2 bridgehead atoms. The Bertz CT molecular complexity index is 285. The Labute approximate surface area is 82.1 Å². The number of likely N-dealkylation sites (tertiary alicyclic amines) is 1. The molecule has 2 fully saturated rings. The van der Waals surface area contributed by atoms with Crippen LogP contribution in [0, 0.1) is 0 Å². The minimum Gasteiger partial charge on any atom is -0.375 e. The van der Waals surface area contributed by atoms with Gasteiger partial charge in [-0.3, -0.25) is 4.90 Å². The van der Waals surface area contributed by atoms with Crippen LogP contribution in [0.5, 0.6) is 0 Å². The largest absolute Gasteiger partial charge is 0.375 e. The van der Waals surface area contributed by atoms with Gasteiger partial charge in [0.15, 0.2) is 0 Å². The van der Waals surface area contributed by atoms with Crippen LogP contribution in [0.2, 0.25) is 0 Å². The number of thiophene rings is 1. The lowest BCUT2D eigenvalue weighted by Gasteiger charge is -2.25. The quantitative estimate of drug-likeness (QED) is 0.712. The molecule has 3 heteroatoms. The van der Waals surface area contributed by atoms with Gasteiger partial charge in [0.05, 0.1) is 12.7 Å². The lowest BCUT2D eigenvalue weighted by atomic mass is 10.2. The predicted octanol–water partition coefficient (Wildman–Crippen LogP) is 1.72. The molecule has 13 heavy (non-hydrogen) atoms. The van der Waals surface area contributed by atoms with Crippen molar-refractivity contribution in [3.63, 3.8) is 0 Å². The Morgan fingerprint density at radius 3 is 3.23 bits per heavy atom. The van der Waals surface area contributed by atoms with Crippen molar-refractivity contribution < 1.29 is 4.74 Å². The van der Waals surface area contributed by atoms with Crippen molar-refractivity contribution >= 4 is 11.3 Å². The zero-order valence-corrected chi connectivity index (χ0v) is 8.30. The van der Waals surface area contributed by atoms with E-state index in [9.17, 15) is 0 Å². The zero-order chi connectivity index (χ0) is 8.67. The third kappa shape index (κ3) is 1.41. The highest BCUT2D eigenvalue weighted by atomic mass is 32.1. The van der Waals surface area contributed by atoms with Gasteiger partial charge in [-0.2, -0.15) is 0 Å². The summed E-state index contributed by atoms with van der Waals surface area (Å²) in [7, 11) is 0. The van der Waals surface area contributed by atoms with Crippen molar-refractivity contribution in [1.29, 1.82) is 0 Å². The van der Waals surface area contributed by atoms with Gasteiger partial charge in [-0.25, -0.2) is 0 Å². The van der Waals surface area contributed by atoms with Crippen LogP contribution in [0.15, 0.2) is 17.5 Å². The van der Waals surface area contributed by atoms with Gasteiger partial charge < -0.3 is 4.74 Å². The third-order valence-electron chi connectivity index (χ3n) is 2.95. The molecule has 2 nitrogen and oxygen atoms in total.